The Bertz CT molecular complexity index is 482. The number of pyridine rings is 1. The fraction of sp³-hybridized carbons (Fsp3) is 0.500. The van der Waals surface area contributed by atoms with Gasteiger partial charge in [0.15, 0.2) is 0 Å². The molecule has 1 heterocycles. The summed E-state index contributed by atoms with van der Waals surface area (Å²) in [6, 6.07) is 3.01. The molecule has 3 nitrogen and oxygen atoms in total. The number of nitrogens with zero attached hydrogens (tertiary/aromatic N) is 3. The molecule has 0 aromatic carbocycles. The lowest BCUT2D eigenvalue weighted by Crippen LogP contribution is -2.30. The topological polar surface area (TPSA) is 39.9 Å². The summed E-state index contributed by atoms with van der Waals surface area (Å²) in [4.78, 5) is 5.31. The lowest BCUT2D eigenvalue weighted by Gasteiger charge is -2.26. The summed E-state index contributed by atoms with van der Waals surface area (Å²) >= 11 is 2.99. The van der Waals surface area contributed by atoms with E-state index in [-0.39, 0.29) is 22.8 Å². The summed E-state index contributed by atoms with van der Waals surface area (Å²) in [5, 5.41) is 8.77. The molecule has 0 aliphatic heterocycles. The molecular weight excluding hydrogens is 323 g/mol. The molecule has 7 heteroatoms. The average molecular weight is 336 g/mol. The first-order chi connectivity index (χ1) is 8.79. The smallest absolute Gasteiger partial charge is 0.355 e. The molecule has 19 heavy (non-hydrogen) atoms. The van der Waals surface area contributed by atoms with Crippen molar-refractivity contribution < 1.29 is 13.2 Å². The standard InChI is InChI=1S/C12H13BrF3N3/c1-3-19(7-8(2)5-17)11-10(12(14,15)16)4-9(13)6-18-11/h4,6,8H,3,7H2,1-2H3. The van der Waals surface area contributed by atoms with Crippen molar-refractivity contribution in [3.05, 3.63) is 22.3 Å². The molecule has 0 saturated heterocycles. The molecule has 0 amide bonds. The highest BCUT2D eigenvalue weighted by molar-refractivity contribution is 9.10. The Labute approximate surface area is 118 Å². The summed E-state index contributed by atoms with van der Waals surface area (Å²) in [6.07, 6.45) is -3.15. The Kier molecular flexibility index (Phi) is 5.18. The largest absolute Gasteiger partial charge is 0.419 e. The fourth-order valence-electron chi connectivity index (χ4n) is 1.63. The number of anilines is 1. The van der Waals surface area contributed by atoms with Crippen molar-refractivity contribution in [2.75, 3.05) is 18.0 Å². The average Bonchev–Trinajstić information content (AvgIpc) is 2.34. The summed E-state index contributed by atoms with van der Waals surface area (Å²) in [7, 11) is 0. The van der Waals surface area contributed by atoms with Gasteiger partial charge in [0.2, 0.25) is 0 Å². The van der Waals surface area contributed by atoms with Gasteiger partial charge in [-0.05, 0) is 35.8 Å². The van der Waals surface area contributed by atoms with E-state index in [2.05, 4.69) is 20.9 Å². The van der Waals surface area contributed by atoms with Crippen molar-refractivity contribution in [1.82, 2.24) is 4.98 Å². The highest BCUT2D eigenvalue weighted by Crippen LogP contribution is 2.36. The Morgan fingerprint density at radius 3 is 2.63 bits per heavy atom. The first-order valence-electron chi connectivity index (χ1n) is 5.66. The van der Waals surface area contributed by atoms with E-state index in [0.717, 1.165) is 6.07 Å². The molecule has 1 unspecified atom stereocenters. The lowest BCUT2D eigenvalue weighted by molar-refractivity contribution is -0.137. The molecule has 0 bridgehead atoms. The third-order valence-electron chi connectivity index (χ3n) is 2.53. The minimum atomic E-state index is -4.48. The van der Waals surface area contributed by atoms with Gasteiger partial charge in [-0.1, -0.05) is 0 Å². The Morgan fingerprint density at radius 1 is 1.53 bits per heavy atom. The second-order valence-electron chi connectivity index (χ2n) is 4.09. The van der Waals surface area contributed by atoms with Crippen LogP contribution in [-0.2, 0) is 6.18 Å². The monoisotopic (exact) mass is 335 g/mol. The second-order valence-corrected chi connectivity index (χ2v) is 5.01. The molecule has 1 rings (SSSR count). The maximum absolute atomic E-state index is 13.0. The van der Waals surface area contributed by atoms with Crippen LogP contribution in [0.3, 0.4) is 0 Å². The van der Waals surface area contributed by atoms with Crippen molar-refractivity contribution in [1.29, 1.82) is 5.26 Å². The Morgan fingerprint density at radius 2 is 2.16 bits per heavy atom. The normalized spacial score (nSPS) is 12.9. The van der Waals surface area contributed by atoms with Gasteiger partial charge in [0.1, 0.15) is 5.82 Å². The number of hydrogen-bond donors (Lipinski definition) is 0. The molecule has 0 spiro atoms. The minimum absolute atomic E-state index is 0.139. The quantitative estimate of drug-likeness (QED) is 0.839. The fourth-order valence-corrected chi connectivity index (χ4v) is 1.96. The van der Waals surface area contributed by atoms with Crippen LogP contribution in [0, 0.1) is 17.2 Å². The van der Waals surface area contributed by atoms with E-state index in [1.54, 1.807) is 13.8 Å². The molecular formula is C12H13BrF3N3. The number of alkyl halides is 3. The zero-order valence-corrected chi connectivity index (χ0v) is 12.1. The van der Waals surface area contributed by atoms with Crippen molar-refractivity contribution in [3.63, 3.8) is 0 Å². The van der Waals surface area contributed by atoms with Crippen molar-refractivity contribution in [2.24, 2.45) is 5.92 Å². The zero-order chi connectivity index (χ0) is 14.6. The van der Waals surface area contributed by atoms with E-state index in [9.17, 15) is 13.2 Å². The molecule has 0 aliphatic carbocycles. The molecule has 0 fully saturated rings. The van der Waals surface area contributed by atoms with Crippen LogP contribution in [0.1, 0.15) is 19.4 Å². The second kappa shape index (κ2) is 6.24. The van der Waals surface area contributed by atoms with Gasteiger partial charge in [-0.15, -0.1) is 0 Å². The van der Waals surface area contributed by atoms with E-state index in [4.69, 9.17) is 5.26 Å². The number of aromatic nitrogens is 1. The van der Waals surface area contributed by atoms with Crippen LogP contribution < -0.4 is 4.90 Å². The van der Waals surface area contributed by atoms with Crippen LogP contribution in [0.25, 0.3) is 0 Å². The number of hydrogen-bond acceptors (Lipinski definition) is 3. The van der Waals surface area contributed by atoms with Gasteiger partial charge in [-0.2, -0.15) is 18.4 Å². The van der Waals surface area contributed by atoms with Gasteiger partial charge in [0.25, 0.3) is 0 Å². The molecule has 0 N–H and O–H groups in total. The molecule has 0 saturated carbocycles. The van der Waals surface area contributed by atoms with Crippen molar-refractivity contribution in [2.45, 2.75) is 20.0 Å². The van der Waals surface area contributed by atoms with Gasteiger partial charge in [0, 0.05) is 23.8 Å². The zero-order valence-electron chi connectivity index (χ0n) is 10.5. The number of nitriles is 1. The van der Waals surface area contributed by atoms with E-state index in [1.807, 2.05) is 6.07 Å². The molecule has 0 aliphatic rings. The van der Waals surface area contributed by atoms with Gasteiger partial charge >= 0.3 is 6.18 Å². The summed E-state index contributed by atoms with van der Waals surface area (Å²) < 4.78 is 39.2. The highest BCUT2D eigenvalue weighted by atomic mass is 79.9. The summed E-state index contributed by atoms with van der Waals surface area (Å²) in [5.74, 6) is -0.508. The highest BCUT2D eigenvalue weighted by Gasteiger charge is 2.36. The van der Waals surface area contributed by atoms with E-state index in [0.29, 0.717) is 6.54 Å². The van der Waals surface area contributed by atoms with Crippen molar-refractivity contribution >= 4 is 21.7 Å². The molecule has 1 aromatic heterocycles. The van der Waals surface area contributed by atoms with E-state index < -0.39 is 11.7 Å². The predicted octanol–water partition coefficient (Wildman–Crippen LogP) is 3.85. The van der Waals surface area contributed by atoms with Gasteiger partial charge in [-0.3, -0.25) is 0 Å². The van der Waals surface area contributed by atoms with Crippen LogP contribution in [-0.4, -0.2) is 18.1 Å². The summed E-state index contributed by atoms with van der Waals surface area (Å²) in [6.45, 7) is 3.96. The Hall–Kier alpha value is -1.29. The predicted molar refractivity (Wildman–Crippen MR) is 69.6 cm³/mol. The number of halogens is 4. The third-order valence-corrected chi connectivity index (χ3v) is 2.97. The minimum Gasteiger partial charge on any atom is -0.355 e. The van der Waals surface area contributed by atoms with Crippen LogP contribution in [0.4, 0.5) is 19.0 Å². The lowest BCUT2D eigenvalue weighted by atomic mass is 10.1. The maximum Gasteiger partial charge on any atom is 0.419 e. The molecule has 1 aromatic rings. The van der Waals surface area contributed by atoms with E-state index >= 15 is 0 Å². The van der Waals surface area contributed by atoms with Gasteiger partial charge < -0.3 is 4.90 Å². The Balaban J connectivity index is 3.21. The first-order valence-corrected chi connectivity index (χ1v) is 6.46. The summed E-state index contributed by atoms with van der Waals surface area (Å²) in [5.41, 5.74) is -0.797. The molecule has 104 valence electrons. The van der Waals surface area contributed by atoms with Crippen molar-refractivity contribution in [3.8, 4) is 6.07 Å². The number of rotatable bonds is 4. The molecule has 0 radical (unpaired) electrons. The van der Waals surface area contributed by atoms with Crippen LogP contribution in [0.2, 0.25) is 0 Å². The van der Waals surface area contributed by atoms with Gasteiger partial charge in [0.05, 0.1) is 17.6 Å². The third kappa shape index (κ3) is 4.10. The SMILES string of the molecule is CCN(CC(C)C#N)c1ncc(Br)cc1C(F)(F)F. The van der Waals surface area contributed by atoms with Crippen LogP contribution in [0.5, 0.6) is 0 Å². The van der Waals surface area contributed by atoms with Crippen LogP contribution in [0.15, 0.2) is 16.7 Å². The van der Waals surface area contributed by atoms with Crippen LogP contribution >= 0.6 is 15.9 Å². The first kappa shape index (κ1) is 15.8. The maximum atomic E-state index is 13.0. The van der Waals surface area contributed by atoms with E-state index in [1.165, 1.54) is 11.1 Å². The molecule has 1 atom stereocenters. The van der Waals surface area contributed by atoms with Gasteiger partial charge in [-0.25, -0.2) is 4.98 Å².